The van der Waals surface area contributed by atoms with Crippen LogP contribution in [0.5, 0.6) is 5.75 Å². The summed E-state index contributed by atoms with van der Waals surface area (Å²) in [7, 11) is 1.45. The van der Waals surface area contributed by atoms with E-state index < -0.39 is 5.54 Å². The monoisotopic (exact) mass is 619 g/mol. The summed E-state index contributed by atoms with van der Waals surface area (Å²) in [5.74, 6) is 1.15. The zero-order valence-electron chi connectivity index (χ0n) is 26.2. The summed E-state index contributed by atoms with van der Waals surface area (Å²) in [6, 6.07) is 12.9. The van der Waals surface area contributed by atoms with Gasteiger partial charge in [0.05, 0.1) is 13.7 Å². The van der Waals surface area contributed by atoms with Gasteiger partial charge < -0.3 is 14.8 Å². The number of rotatable bonds is 8. The second-order valence-corrected chi connectivity index (χ2v) is 13.6. The second-order valence-electron chi connectivity index (χ2n) is 13.2. The van der Waals surface area contributed by atoms with Crippen LogP contribution in [-0.4, -0.2) is 41.7 Å². The van der Waals surface area contributed by atoms with Crippen LogP contribution in [0.1, 0.15) is 86.2 Å². The molecule has 6 rings (SSSR count). The molecule has 1 fully saturated rings. The topological polar surface area (TPSA) is 63.7 Å². The van der Waals surface area contributed by atoms with Gasteiger partial charge in [0.1, 0.15) is 17.1 Å². The molecule has 1 spiro atoms. The Morgan fingerprint density at radius 1 is 1.20 bits per heavy atom. The van der Waals surface area contributed by atoms with Crippen LogP contribution in [0.2, 0.25) is 5.02 Å². The van der Waals surface area contributed by atoms with Gasteiger partial charge in [0.25, 0.3) is 0 Å². The molecular weight excluding hydrogens is 577 g/mol. The minimum Gasteiger partial charge on any atom is -0.493 e. The highest BCUT2D eigenvalue weighted by atomic mass is 35.5. The van der Waals surface area contributed by atoms with Crippen LogP contribution in [0.3, 0.4) is 0 Å². The molecule has 0 bridgehead atoms. The SMILES string of the molecule is COC(=O)C1(Nc2cccc(Cl)c2C)CCC2(CC1)c1ccc(F)cc1CN2C[C@@H](C)COc1ccnc2c1[C@H](C)CCC2. The number of halogens is 2. The van der Waals surface area contributed by atoms with Crippen molar-refractivity contribution in [2.24, 2.45) is 5.92 Å². The Labute approximate surface area is 265 Å². The van der Waals surface area contributed by atoms with Crippen LogP contribution < -0.4 is 10.1 Å². The number of aryl methyl sites for hydroxylation is 1. The van der Waals surface area contributed by atoms with Gasteiger partial charge in [-0.2, -0.15) is 0 Å². The number of pyridine rings is 1. The molecule has 8 heteroatoms. The van der Waals surface area contributed by atoms with Crippen LogP contribution in [-0.2, 0) is 28.0 Å². The third-order valence-corrected chi connectivity index (χ3v) is 10.7. The standard InChI is InChI=1S/C36H43ClFN3O3/c1-23(22-44-32-13-18-39-31-10-5-7-24(2)33(31)32)20-41-21-26-19-27(38)11-12-28(26)36(41)16-14-35(15-17-36,34(42)43-4)40-30-9-6-8-29(37)25(30)3/h6,8-9,11-13,18-19,23-24,40H,5,7,10,14-17,20-22H2,1-4H3/t23-,24-,35?,36?/m1/s1. The maximum atomic E-state index is 14.4. The molecule has 0 saturated heterocycles. The summed E-state index contributed by atoms with van der Waals surface area (Å²) in [4.78, 5) is 20.5. The molecular formula is C36H43ClFN3O3. The molecule has 44 heavy (non-hydrogen) atoms. The van der Waals surface area contributed by atoms with E-state index >= 15 is 0 Å². The summed E-state index contributed by atoms with van der Waals surface area (Å²) in [6.45, 7) is 8.49. The highest BCUT2D eigenvalue weighted by Crippen LogP contribution is 2.52. The third-order valence-electron chi connectivity index (χ3n) is 10.3. The van der Waals surface area contributed by atoms with E-state index in [9.17, 15) is 9.18 Å². The van der Waals surface area contributed by atoms with Crippen LogP contribution in [0.15, 0.2) is 48.7 Å². The largest absolute Gasteiger partial charge is 0.493 e. The highest BCUT2D eigenvalue weighted by molar-refractivity contribution is 6.31. The van der Waals surface area contributed by atoms with E-state index in [1.165, 1.54) is 30.4 Å². The van der Waals surface area contributed by atoms with Gasteiger partial charge in [-0.3, -0.25) is 9.88 Å². The minimum atomic E-state index is -0.879. The van der Waals surface area contributed by atoms with E-state index in [-0.39, 0.29) is 23.2 Å². The van der Waals surface area contributed by atoms with Crippen molar-refractivity contribution in [3.05, 3.63) is 87.4 Å². The molecule has 2 atom stereocenters. The molecule has 1 aliphatic heterocycles. The first kappa shape index (κ1) is 30.8. The molecule has 0 unspecified atom stereocenters. The van der Waals surface area contributed by atoms with Crippen molar-refractivity contribution in [3.63, 3.8) is 0 Å². The Bertz CT molecular complexity index is 1540. The first-order valence-electron chi connectivity index (χ1n) is 15.9. The van der Waals surface area contributed by atoms with Gasteiger partial charge in [0, 0.05) is 52.7 Å². The first-order chi connectivity index (χ1) is 21.2. The predicted molar refractivity (Wildman–Crippen MR) is 172 cm³/mol. The summed E-state index contributed by atoms with van der Waals surface area (Å²) in [6.07, 6.45) is 7.82. The van der Waals surface area contributed by atoms with E-state index in [1.54, 1.807) is 12.1 Å². The van der Waals surface area contributed by atoms with Crippen molar-refractivity contribution < 1.29 is 18.7 Å². The maximum Gasteiger partial charge on any atom is 0.331 e. The Hall–Kier alpha value is -3.16. The van der Waals surface area contributed by atoms with Crippen molar-refractivity contribution >= 4 is 23.3 Å². The minimum absolute atomic E-state index is 0.216. The molecule has 2 aromatic carbocycles. The van der Waals surface area contributed by atoms with E-state index in [0.29, 0.717) is 36.9 Å². The predicted octanol–water partition coefficient (Wildman–Crippen LogP) is 7.95. The van der Waals surface area contributed by atoms with Crippen LogP contribution in [0.25, 0.3) is 0 Å². The number of fused-ring (bicyclic) bond motifs is 3. The van der Waals surface area contributed by atoms with Crippen molar-refractivity contribution in [1.29, 1.82) is 0 Å². The second kappa shape index (κ2) is 12.3. The highest BCUT2D eigenvalue weighted by Gasteiger charge is 2.54. The van der Waals surface area contributed by atoms with E-state index in [1.807, 2.05) is 43.5 Å². The number of nitrogens with zero attached hydrogens (tertiary/aromatic N) is 2. The van der Waals surface area contributed by atoms with Crippen molar-refractivity contribution in [1.82, 2.24) is 9.88 Å². The van der Waals surface area contributed by atoms with Crippen molar-refractivity contribution in [3.8, 4) is 5.75 Å². The number of benzene rings is 2. The lowest BCUT2D eigenvalue weighted by Gasteiger charge is -2.49. The van der Waals surface area contributed by atoms with E-state index in [0.717, 1.165) is 54.8 Å². The number of hydrogen-bond acceptors (Lipinski definition) is 6. The summed E-state index contributed by atoms with van der Waals surface area (Å²) < 4.78 is 26.3. The summed E-state index contributed by atoms with van der Waals surface area (Å²) in [5, 5.41) is 4.20. The third kappa shape index (κ3) is 5.58. The zero-order chi connectivity index (χ0) is 31.1. The number of nitrogens with one attached hydrogen (secondary N) is 1. The van der Waals surface area contributed by atoms with Crippen molar-refractivity contribution in [2.45, 2.75) is 89.3 Å². The Morgan fingerprint density at radius 2 is 2.00 bits per heavy atom. The Kier molecular flexibility index (Phi) is 8.64. The fourth-order valence-electron chi connectivity index (χ4n) is 7.90. The first-order valence-corrected chi connectivity index (χ1v) is 16.3. The molecule has 6 nitrogen and oxygen atoms in total. The summed E-state index contributed by atoms with van der Waals surface area (Å²) in [5.41, 5.74) is 5.19. The normalized spacial score (nSPS) is 25.3. The zero-order valence-corrected chi connectivity index (χ0v) is 27.0. The van der Waals surface area contributed by atoms with E-state index in [2.05, 4.69) is 29.0 Å². The van der Waals surface area contributed by atoms with Gasteiger partial charge >= 0.3 is 5.97 Å². The van der Waals surface area contributed by atoms with Gasteiger partial charge in [-0.15, -0.1) is 0 Å². The number of ether oxygens (including phenoxy) is 2. The number of hydrogen-bond donors (Lipinski definition) is 1. The van der Waals surface area contributed by atoms with Crippen LogP contribution >= 0.6 is 11.6 Å². The van der Waals surface area contributed by atoms with Gasteiger partial charge in [-0.1, -0.05) is 37.6 Å². The average molecular weight is 620 g/mol. The van der Waals surface area contributed by atoms with Crippen molar-refractivity contribution in [2.75, 3.05) is 25.6 Å². The summed E-state index contributed by atoms with van der Waals surface area (Å²) >= 11 is 6.43. The lowest BCUT2D eigenvalue weighted by Crippen LogP contribution is -2.56. The van der Waals surface area contributed by atoms with E-state index in [4.69, 9.17) is 21.1 Å². The molecule has 3 aromatic rings. The van der Waals surface area contributed by atoms with Crippen LogP contribution in [0, 0.1) is 18.7 Å². The number of carbonyl (C=O) groups is 1. The molecule has 1 saturated carbocycles. The number of anilines is 1. The molecule has 1 N–H and O–H groups in total. The lowest BCUT2D eigenvalue weighted by molar-refractivity contribution is -0.148. The molecule has 234 valence electrons. The molecule has 0 amide bonds. The number of aromatic nitrogens is 1. The fraction of sp³-hybridized carbons (Fsp3) is 0.500. The molecule has 1 aromatic heterocycles. The fourth-order valence-corrected chi connectivity index (χ4v) is 8.07. The number of methoxy groups -OCH3 is 1. The lowest BCUT2D eigenvalue weighted by atomic mass is 9.69. The smallest absolute Gasteiger partial charge is 0.331 e. The van der Waals surface area contributed by atoms with Gasteiger partial charge in [-0.05, 0) is 105 Å². The molecule has 0 radical (unpaired) electrons. The van der Waals surface area contributed by atoms with Gasteiger partial charge in [0.15, 0.2) is 0 Å². The van der Waals surface area contributed by atoms with Crippen LogP contribution in [0.4, 0.5) is 10.1 Å². The number of esters is 1. The molecule has 3 aliphatic rings. The Balaban J connectivity index is 1.23. The number of carbonyl (C=O) groups excluding carboxylic acids is 1. The van der Waals surface area contributed by atoms with Gasteiger partial charge in [-0.25, -0.2) is 9.18 Å². The maximum absolute atomic E-state index is 14.4. The molecule has 2 heterocycles. The Morgan fingerprint density at radius 3 is 2.77 bits per heavy atom. The average Bonchev–Trinajstić information content (AvgIpc) is 3.30. The van der Waals surface area contributed by atoms with Gasteiger partial charge in [0.2, 0.25) is 0 Å². The quantitative estimate of drug-likeness (QED) is 0.258. The molecule has 2 aliphatic carbocycles.